The van der Waals surface area contributed by atoms with Gasteiger partial charge in [-0.3, -0.25) is 14.4 Å². The molecule has 264 valence electrons. The lowest BCUT2D eigenvalue weighted by Crippen LogP contribution is -2.19. The summed E-state index contributed by atoms with van der Waals surface area (Å²) in [6, 6.07) is 0. The maximum atomic E-state index is 12.4. The fourth-order valence-corrected chi connectivity index (χ4v) is 5.13. The zero-order valence-electron chi connectivity index (χ0n) is 30.0. The van der Waals surface area contributed by atoms with Crippen molar-refractivity contribution in [1.29, 1.82) is 0 Å². The highest BCUT2D eigenvalue weighted by Gasteiger charge is 2.15. The maximum Gasteiger partial charge on any atom is 0.306 e. The molecule has 0 spiro atoms. The van der Waals surface area contributed by atoms with Gasteiger partial charge in [-0.1, -0.05) is 114 Å². The summed E-state index contributed by atoms with van der Waals surface area (Å²) in [5, 5.41) is 0. The van der Waals surface area contributed by atoms with E-state index < -0.39 is 0 Å². The molecule has 0 aromatic carbocycles. The zero-order valence-corrected chi connectivity index (χ0v) is 30.0. The van der Waals surface area contributed by atoms with E-state index in [9.17, 15) is 14.4 Å². The standard InChI is InChI=1S/C40H68O6/c1-36(2)35-40(43)46-37(31-27-23-19-15-11-7-5-9-13-17-21-25-29-33-38(41)44-3)32-28-24-20-16-12-8-6-10-14-18-22-26-30-34-39(42)45-4/h9-10,13-14,21-22,25-26,36-37H,5-8,11-12,15-20,23-24,27-35H2,1-4H3/b13-9-,14-10-,25-21-,26-22-. The van der Waals surface area contributed by atoms with Crippen LogP contribution < -0.4 is 0 Å². The number of unbranched alkanes of at least 4 members (excludes halogenated alkanes) is 12. The van der Waals surface area contributed by atoms with Crippen molar-refractivity contribution < 1.29 is 28.6 Å². The molecule has 0 N–H and O–H groups in total. The number of hydrogen-bond donors (Lipinski definition) is 0. The van der Waals surface area contributed by atoms with Gasteiger partial charge in [0.25, 0.3) is 0 Å². The minimum atomic E-state index is -0.157. The third-order valence-electron chi connectivity index (χ3n) is 7.86. The highest BCUT2D eigenvalue weighted by atomic mass is 16.5. The minimum absolute atomic E-state index is 0.0329. The first-order valence-electron chi connectivity index (χ1n) is 18.3. The quantitative estimate of drug-likeness (QED) is 0.0323. The summed E-state index contributed by atoms with van der Waals surface area (Å²) in [7, 11) is 2.85. The summed E-state index contributed by atoms with van der Waals surface area (Å²) in [6.45, 7) is 4.14. The molecule has 0 aromatic heterocycles. The van der Waals surface area contributed by atoms with E-state index in [0.717, 1.165) is 64.2 Å². The Morgan fingerprint density at radius 3 is 1.24 bits per heavy atom. The molecular weight excluding hydrogens is 576 g/mol. The number of allylic oxidation sites excluding steroid dienone is 8. The summed E-state index contributed by atoms with van der Waals surface area (Å²) in [5.41, 5.74) is 0. The van der Waals surface area contributed by atoms with Crippen LogP contribution in [0.1, 0.15) is 162 Å². The van der Waals surface area contributed by atoms with Crippen molar-refractivity contribution in [2.45, 2.75) is 168 Å². The summed E-state index contributed by atoms with van der Waals surface area (Å²) in [6.07, 6.45) is 41.0. The second-order valence-corrected chi connectivity index (χ2v) is 12.7. The Morgan fingerprint density at radius 2 is 0.848 bits per heavy atom. The molecule has 0 heterocycles. The molecule has 0 aliphatic carbocycles. The third-order valence-corrected chi connectivity index (χ3v) is 7.86. The van der Waals surface area contributed by atoms with Gasteiger partial charge in [-0.25, -0.2) is 0 Å². The molecule has 0 amide bonds. The van der Waals surface area contributed by atoms with Crippen LogP contribution in [-0.4, -0.2) is 38.2 Å². The molecule has 6 nitrogen and oxygen atoms in total. The molecule has 0 bridgehead atoms. The lowest BCUT2D eigenvalue weighted by Gasteiger charge is -2.19. The molecule has 0 saturated heterocycles. The Bertz CT molecular complexity index is 796. The number of rotatable bonds is 31. The molecule has 0 unspecified atom stereocenters. The van der Waals surface area contributed by atoms with Crippen LogP contribution in [-0.2, 0) is 28.6 Å². The molecular formula is C40H68O6. The van der Waals surface area contributed by atoms with Gasteiger partial charge in [-0.05, 0) is 83.0 Å². The van der Waals surface area contributed by atoms with Crippen molar-refractivity contribution in [3.05, 3.63) is 48.6 Å². The van der Waals surface area contributed by atoms with Gasteiger partial charge in [0.15, 0.2) is 0 Å². The Balaban J connectivity index is 3.93. The Hall–Kier alpha value is -2.63. The zero-order chi connectivity index (χ0) is 33.9. The molecule has 0 aliphatic heterocycles. The maximum absolute atomic E-state index is 12.4. The molecule has 0 fully saturated rings. The van der Waals surface area contributed by atoms with Crippen LogP contribution in [0.4, 0.5) is 0 Å². The smallest absolute Gasteiger partial charge is 0.306 e. The van der Waals surface area contributed by atoms with E-state index in [-0.39, 0.29) is 24.0 Å². The van der Waals surface area contributed by atoms with E-state index in [1.165, 1.54) is 78.4 Å². The SMILES string of the molecule is COC(=O)CC/C=C\C/C=C\CCCCCCCCC(CCCCCCCC/C=C\C/C=C\CCC(=O)OC)OC(=O)CC(C)C. The second kappa shape index (κ2) is 33.7. The van der Waals surface area contributed by atoms with Gasteiger partial charge in [0.1, 0.15) is 6.10 Å². The average molecular weight is 645 g/mol. The average Bonchev–Trinajstić information content (AvgIpc) is 3.03. The number of carbonyl (C=O) groups is 3. The van der Waals surface area contributed by atoms with E-state index in [0.29, 0.717) is 25.2 Å². The van der Waals surface area contributed by atoms with Gasteiger partial charge in [-0.2, -0.15) is 0 Å². The fourth-order valence-electron chi connectivity index (χ4n) is 5.13. The molecule has 6 heteroatoms. The molecule has 0 aromatic rings. The van der Waals surface area contributed by atoms with Crippen molar-refractivity contribution >= 4 is 17.9 Å². The van der Waals surface area contributed by atoms with Gasteiger partial charge in [0, 0.05) is 19.3 Å². The van der Waals surface area contributed by atoms with E-state index in [1.54, 1.807) is 0 Å². The first kappa shape index (κ1) is 43.4. The van der Waals surface area contributed by atoms with E-state index in [4.69, 9.17) is 4.74 Å². The lowest BCUT2D eigenvalue weighted by atomic mass is 10.0. The molecule has 0 saturated carbocycles. The molecule has 0 rings (SSSR count). The van der Waals surface area contributed by atoms with Crippen LogP contribution in [0.2, 0.25) is 0 Å². The van der Waals surface area contributed by atoms with E-state index in [2.05, 4.69) is 59.8 Å². The highest BCUT2D eigenvalue weighted by molar-refractivity contribution is 5.70. The first-order valence-corrected chi connectivity index (χ1v) is 18.3. The van der Waals surface area contributed by atoms with Crippen LogP contribution in [0.5, 0.6) is 0 Å². The van der Waals surface area contributed by atoms with Crippen LogP contribution >= 0.6 is 0 Å². The monoisotopic (exact) mass is 645 g/mol. The first-order chi connectivity index (χ1) is 22.4. The normalized spacial score (nSPS) is 12.0. The van der Waals surface area contributed by atoms with E-state index in [1.807, 2.05) is 12.2 Å². The second-order valence-electron chi connectivity index (χ2n) is 12.7. The predicted molar refractivity (Wildman–Crippen MR) is 192 cm³/mol. The highest BCUT2D eigenvalue weighted by Crippen LogP contribution is 2.18. The Kier molecular flexibility index (Phi) is 31.8. The Morgan fingerprint density at radius 1 is 0.478 bits per heavy atom. The summed E-state index contributed by atoms with van der Waals surface area (Å²) in [5.74, 6) is -0.0111. The largest absolute Gasteiger partial charge is 0.469 e. The number of ether oxygens (including phenoxy) is 3. The predicted octanol–water partition coefficient (Wildman–Crippen LogP) is 11.1. The van der Waals surface area contributed by atoms with Gasteiger partial charge in [0.05, 0.1) is 14.2 Å². The van der Waals surface area contributed by atoms with Gasteiger partial charge >= 0.3 is 17.9 Å². The molecule has 0 atom stereocenters. The number of esters is 3. The summed E-state index contributed by atoms with van der Waals surface area (Å²) < 4.78 is 15.2. The van der Waals surface area contributed by atoms with Crippen molar-refractivity contribution in [1.82, 2.24) is 0 Å². The third kappa shape index (κ3) is 32.8. The van der Waals surface area contributed by atoms with Gasteiger partial charge < -0.3 is 14.2 Å². The molecule has 46 heavy (non-hydrogen) atoms. The van der Waals surface area contributed by atoms with Crippen molar-refractivity contribution in [3.8, 4) is 0 Å². The van der Waals surface area contributed by atoms with Crippen LogP contribution in [0, 0.1) is 5.92 Å². The number of carbonyl (C=O) groups excluding carboxylic acids is 3. The summed E-state index contributed by atoms with van der Waals surface area (Å²) in [4.78, 5) is 34.5. The number of methoxy groups -OCH3 is 2. The van der Waals surface area contributed by atoms with Crippen molar-refractivity contribution in [2.75, 3.05) is 14.2 Å². The molecule has 0 radical (unpaired) electrons. The van der Waals surface area contributed by atoms with Gasteiger partial charge in [0.2, 0.25) is 0 Å². The Labute approximate surface area is 282 Å². The lowest BCUT2D eigenvalue weighted by molar-refractivity contribution is -0.150. The van der Waals surface area contributed by atoms with Crippen LogP contribution in [0.25, 0.3) is 0 Å². The van der Waals surface area contributed by atoms with Crippen LogP contribution in [0.3, 0.4) is 0 Å². The van der Waals surface area contributed by atoms with Gasteiger partial charge in [-0.15, -0.1) is 0 Å². The van der Waals surface area contributed by atoms with Crippen molar-refractivity contribution in [3.63, 3.8) is 0 Å². The van der Waals surface area contributed by atoms with E-state index >= 15 is 0 Å². The molecule has 0 aliphatic rings. The summed E-state index contributed by atoms with van der Waals surface area (Å²) >= 11 is 0. The minimum Gasteiger partial charge on any atom is -0.469 e. The van der Waals surface area contributed by atoms with Crippen molar-refractivity contribution in [2.24, 2.45) is 5.92 Å². The fraction of sp³-hybridized carbons (Fsp3) is 0.725. The van der Waals surface area contributed by atoms with Crippen LogP contribution in [0.15, 0.2) is 48.6 Å². The topological polar surface area (TPSA) is 78.9 Å². The number of hydrogen-bond acceptors (Lipinski definition) is 6.